The lowest BCUT2D eigenvalue weighted by Gasteiger charge is -2.18. The predicted molar refractivity (Wildman–Crippen MR) is 227 cm³/mol. The highest BCUT2D eigenvalue weighted by Gasteiger charge is 2.18. The molecule has 54 heavy (non-hydrogen) atoms. The first-order valence-electron chi connectivity index (χ1n) is 18.5. The molecular weight excluding hydrogens is 657 g/mol. The SMILES string of the molecule is c1ccc(-c2c3ccccc3c(-c3ccc4cc(-c5ccc6oc7cc8c(ccc9oc%10ccccc%10c98)cc7c6c5)ccc4c3)c3ccccc23)cc1. The van der Waals surface area contributed by atoms with Crippen LogP contribution in [-0.4, -0.2) is 0 Å². The van der Waals surface area contributed by atoms with Crippen LogP contribution in [0.2, 0.25) is 0 Å². The maximum absolute atomic E-state index is 6.48. The van der Waals surface area contributed by atoms with E-state index in [1.165, 1.54) is 71.1 Å². The maximum atomic E-state index is 6.48. The van der Waals surface area contributed by atoms with Crippen LogP contribution >= 0.6 is 0 Å². The second-order valence-corrected chi connectivity index (χ2v) is 14.4. The second kappa shape index (κ2) is 11.2. The Morgan fingerprint density at radius 2 is 0.741 bits per heavy atom. The van der Waals surface area contributed by atoms with E-state index in [-0.39, 0.29) is 0 Å². The number of furan rings is 2. The molecule has 0 saturated heterocycles. The van der Waals surface area contributed by atoms with Crippen LogP contribution in [0.3, 0.4) is 0 Å². The van der Waals surface area contributed by atoms with Crippen molar-refractivity contribution < 1.29 is 8.83 Å². The highest BCUT2D eigenvalue weighted by molar-refractivity contribution is 6.23. The summed E-state index contributed by atoms with van der Waals surface area (Å²) in [5.41, 5.74) is 10.9. The van der Waals surface area contributed by atoms with Crippen molar-refractivity contribution in [1.29, 1.82) is 0 Å². The van der Waals surface area contributed by atoms with Gasteiger partial charge in [-0.2, -0.15) is 0 Å². The molecule has 2 aromatic heterocycles. The van der Waals surface area contributed by atoms with Crippen molar-refractivity contribution in [2.24, 2.45) is 0 Å². The van der Waals surface area contributed by atoms with Crippen LogP contribution < -0.4 is 0 Å². The molecule has 0 unspecified atom stereocenters. The van der Waals surface area contributed by atoms with Crippen molar-refractivity contribution in [3.05, 3.63) is 182 Å². The predicted octanol–water partition coefficient (Wildman–Crippen LogP) is 15.1. The number of benzene rings is 10. The molecule has 0 aliphatic carbocycles. The number of hydrogen-bond donors (Lipinski definition) is 0. The molecule has 0 amide bonds. The molecule has 12 aromatic rings. The zero-order valence-corrected chi connectivity index (χ0v) is 29.1. The van der Waals surface area contributed by atoms with Crippen molar-refractivity contribution in [2.45, 2.75) is 0 Å². The minimum atomic E-state index is 0.885. The van der Waals surface area contributed by atoms with Crippen molar-refractivity contribution in [3.8, 4) is 33.4 Å². The fourth-order valence-corrected chi connectivity index (χ4v) is 8.93. The number of para-hydroxylation sites is 1. The fraction of sp³-hybridized carbons (Fsp3) is 0. The van der Waals surface area contributed by atoms with Crippen molar-refractivity contribution >= 4 is 87.0 Å². The maximum Gasteiger partial charge on any atom is 0.136 e. The highest BCUT2D eigenvalue weighted by Crippen LogP contribution is 2.45. The average molecular weight is 687 g/mol. The first-order valence-corrected chi connectivity index (χ1v) is 18.5. The van der Waals surface area contributed by atoms with E-state index in [1.807, 2.05) is 12.1 Å². The van der Waals surface area contributed by atoms with Gasteiger partial charge >= 0.3 is 0 Å². The molecule has 0 spiro atoms. The van der Waals surface area contributed by atoms with Gasteiger partial charge in [-0.15, -0.1) is 0 Å². The third-order valence-corrected chi connectivity index (χ3v) is 11.4. The Morgan fingerprint density at radius 1 is 0.241 bits per heavy atom. The summed E-state index contributed by atoms with van der Waals surface area (Å²) in [6.07, 6.45) is 0. The van der Waals surface area contributed by atoms with Crippen molar-refractivity contribution in [1.82, 2.24) is 0 Å². The van der Waals surface area contributed by atoms with Crippen LogP contribution in [0.15, 0.2) is 191 Å². The van der Waals surface area contributed by atoms with Gasteiger partial charge in [0.05, 0.1) is 0 Å². The Hall–Kier alpha value is -7.16. The summed E-state index contributed by atoms with van der Waals surface area (Å²) in [4.78, 5) is 0. The van der Waals surface area contributed by atoms with E-state index in [2.05, 4.69) is 170 Å². The average Bonchev–Trinajstić information content (AvgIpc) is 3.79. The Kier molecular flexibility index (Phi) is 6.09. The zero-order valence-electron chi connectivity index (χ0n) is 29.1. The summed E-state index contributed by atoms with van der Waals surface area (Å²) < 4.78 is 12.7. The summed E-state index contributed by atoms with van der Waals surface area (Å²) in [5.74, 6) is 0. The fourth-order valence-electron chi connectivity index (χ4n) is 8.93. The van der Waals surface area contributed by atoms with E-state index in [4.69, 9.17) is 8.83 Å². The Balaban J connectivity index is 0.979. The Bertz CT molecular complexity index is 3430. The van der Waals surface area contributed by atoms with Crippen LogP contribution in [0.1, 0.15) is 0 Å². The van der Waals surface area contributed by atoms with Crippen LogP contribution in [-0.2, 0) is 0 Å². The highest BCUT2D eigenvalue weighted by atomic mass is 16.3. The summed E-state index contributed by atoms with van der Waals surface area (Å²) in [6, 6.07) is 65.7. The first kappa shape index (κ1) is 29.4. The molecule has 2 heterocycles. The van der Waals surface area contributed by atoms with Crippen molar-refractivity contribution in [2.75, 3.05) is 0 Å². The number of rotatable bonds is 3. The molecule has 12 rings (SSSR count). The second-order valence-electron chi connectivity index (χ2n) is 14.4. The largest absolute Gasteiger partial charge is 0.456 e. The van der Waals surface area contributed by atoms with Gasteiger partial charge in [-0.25, -0.2) is 0 Å². The van der Waals surface area contributed by atoms with Gasteiger partial charge in [0.2, 0.25) is 0 Å². The lowest BCUT2D eigenvalue weighted by atomic mass is 9.85. The summed E-state index contributed by atoms with van der Waals surface area (Å²) in [6.45, 7) is 0. The molecule has 0 radical (unpaired) electrons. The zero-order chi connectivity index (χ0) is 35.3. The molecule has 0 bridgehead atoms. The van der Waals surface area contributed by atoms with E-state index in [0.717, 1.165) is 49.3 Å². The molecule has 0 saturated carbocycles. The first-order chi connectivity index (χ1) is 26.7. The molecule has 2 heteroatoms. The van der Waals surface area contributed by atoms with E-state index >= 15 is 0 Å². The number of hydrogen-bond acceptors (Lipinski definition) is 2. The smallest absolute Gasteiger partial charge is 0.136 e. The molecule has 0 N–H and O–H groups in total. The lowest BCUT2D eigenvalue weighted by molar-refractivity contribution is 0.669. The molecule has 0 fully saturated rings. The molecule has 0 aliphatic rings. The summed E-state index contributed by atoms with van der Waals surface area (Å²) in [5, 5.41) is 14.3. The minimum absolute atomic E-state index is 0.885. The van der Waals surface area contributed by atoms with E-state index in [0.29, 0.717) is 0 Å². The Morgan fingerprint density at radius 3 is 1.48 bits per heavy atom. The van der Waals surface area contributed by atoms with Gasteiger partial charge in [0, 0.05) is 21.5 Å². The monoisotopic (exact) mass is 686 g/mol. The van der Waals surface area contributed by atoms with Crippen LogP contribution in [0.25, 0.3) is 120 Å². The standard InChI is InChI=1S/C52H30O2/c1-2-10-31(11-3-1)50-38-12-4-6-14-40(38)51(41-15-7-5-13-39(41)50)37-21-20-32-26-33(18-19-34(32)27-37)35-22-24-47-44(28-35)45-29-36-23-25-48-52(43(36)30-49(45)54-47)42-16-8-9-17-46(42)53-48/h1-30H. The van der Waals surface area contributed by atoms with Crippen LogP contribution in [0, 0.1) is 0 Å². The molecule has 250 valence electrons. The molecule has 0 aliphatic heterocycles. The third kappa shape index (κ3) is 4.28. The minimum Gasteiger partial charge on any atom is -0.456 e. The third-order valence-electron chi connectivity index (χ3n) is 11.4. The van der Waals surface area contributed by atoms with E-state index in [9.17, 15) is 0 Å². The topological polar surface area (TPSA) is 26.3 Å². The number of fused-ring (bicyclic) bond motifs is 11. The molecule has 10 aromatic carbocycles. The van der Waals surface area contributed by atoms with Gasteiger partial charge in [0.25, 0.3) is 0 Å². The quantitative estimate of drug-likeness (QED) is 0.173. The normalized spacial score (nSPS) is 12.1. The van der Waals surface area contributed by atoms with Crippen LogP contribution in [0.5, 0.6) is 0 Å². The van der Waals surface area contributed by atoms with Gasteiger partial charge in [-0.05, 0) is 125 Å². The van der Waals surface area contributed by atoms with Gasteiger partial charge in [0.1, 0.15) is 22.3 Å². The molecular formula is C52H30O2. The summed E-state index contributed by atoms with van der Waals surface area (Å²) >= 11 is 0. The van der Waals surface area contributed by atoms with E-state index < -0.39 is 0 Å². The van der Waals surface area contributed by atoms with Gasteiger partial charge in [0.15, 0.2) is 0 Å². The summed E-state index contributed by atoms with van der Waals surface area (Å²) in [7, 11) is 0. The van der Waals surface area contributed by atoms with Gasteiger partial charge < -0.3 is 8.83 Å². The molecule has 0 atom stereocenters. The van der Waals surface area contributed by atoms with Gasteiger partial charge in [-0.1, -0.05) is 133 Å². The molecule has 2 nitrogen and oxygen atoms in total. The lowest BCUT2D eigenvalue weighted by Crippen LogP contribution is -1.90. The Labute approximate surface area is 310 Å². The van der Waals surface area contributed by atoms with Gasteiger partial charge in [-0.3, -0.25) is 0 Å². The van der Waals surface area contributed by atoms with Crippen LogP contribution in [0.4, 0.5) is 0 Å². The van der Waals surface area contributed by atoms with Crippen molar-refractivity contribution in [3.63, 3.8) is 0 Å². The van der Waals surface area contributed by atoms with E-state index in [1.54, 1.807) is 0 Å².